The van der Waals surface area contributed by atoms with Crippen LogP contribution in [-0.2, 0) is 5.75 Å². The molecule has 0 fully saturated rings. The van der Waals surface area contributed by atoms with Crippen molar-refractivity contribution in [1.29, 1.82) is 0 Å². The second kappa shape index (κ2) is 9.41. The highest BCUT2D eigenvalue weighted by Gasteiger charge is 2.17. The van der Waals surface area contributed by atoms with E-state index in [4.69, 9.17) is 10.2 Å². The molecule has 9 aromatic rings. The number of furan rings is 1. The average molecular weight is 571 g/mol. The topological polar surface area (TPSA) is 44.1 Å². The molecule has 7 aromatic carbocycles. The Morgan fingerprint density at radius 1 is 0.535 bits per heavy atom. The molecule has 204 valence electrons. The van der Waals surface area contributed by atoms with Crippen LogP contribution in [0, 0.1) is 0 Å². The number of para-hydroxylation sites is 1. The summed E-state index contributed by atoms with van der Waals surface area (Å²) in [6, 6.07) is 47.6. The Morgan fingerprint density at radius 3 is 1.81 bits per heavy atom. The van der Waals surface area contributed by atoms with Crippen molar-refractivity contribution in [1.82, 2.24) is 4.57 Å². The number of nitrogens with two attached hydrogens (primary N) is 1. The monoisotopic (exact) mass is 570 g/mol. The largest absolute Gasteiger partial charge is 0.456 e. The minimum absolute atomic E-state index is 0.786. The highest BCUT2D eigenvalue weighted by molar-refractivity contribution is 7.98. The van der Waals surface area contributed by atoms with Gasteiger partial charge in [-0.2, -0.15) is 0 Å². The van der Waals surface area contributed by atoms with Gasteiger partial charge in [0.1, 0.15) is 11.2 Å². The van der Waals surface area contributed by atoms with Gasteiger partial charge in [0.05, 0.1) is 22.1 Å². The molecule has 3 nitrogen and oxygen atoms in total. The van der Waals surface area contributed by atoms with Gasteiger partial charge >= 0.3 is 0 Å². The first kappa shape index (κ1) is 24.4. The first-order valence-corrected chi connectivity index (χ1v) is 15.5. The maximum atomic E-state index is 6.68. The van der Waals surface area contributed by atoms with Gasteiger partial charge in [0, 0.05) is 32.5 Å². The van der Waals surface area contributed by atoms with E-state index < -0.39 is 0 Å². The zero-order valence-electron chi connectivity index (χ0n) is 23.2. The maximum absolute atomic E-state index is 6.68. The lowest BCUT2D eigenvalue weighted by Gasteiger charge is -2.10. The molecule has 4 heteroatoms. The van der Waals surface area contributed by atoms with E-state index in [1.54, 1.807) is 11.8 Å². The predicted octanol–water partition coefficient (Wildman–Crippen LogP) is 10.9. The van der Waals surface area contributed by atoms with Crippen molar-refractivity contribution < 1.29 is 4.42 Å². The fourth-order valence-corrected chi connectivity index (χ4v) is 7.61. The lowest BCUT2D eigenvalue weighted by Crippen LogP contribution is -1.94. The van der Waals surface area contributed by atoms with E-state index >= 15 is 0 Å². The summed E-state index contributed by atoms with van der Waals surface area (Å²) in [5.74, 6) is 0.828. The standard InChI is InChI=1S/C39H26N2OS/c40-39-35(22-21-34-38(39)30-11-5-6-12-33(30)42-34)43-23-24-13-17-27(18-14-24)41-31-19-15-25-7-1-3-9-28(25)36(31)37-29-10-4-2-8-26(29)16-20-32(37)41/h1-22H,23,40H2. The van der Waals surface area contributed by atoms with Crippen LogP contribution in [0.25, 0.3) is 71.0 Å². The molecule has 0 atom stereocenters. The second-order valence-electron chi connectivity index (χ2n) is 11.1. The number of hydrogen-bond donors (Lipinski definition) is 1. The van der Waals surface area contributed by atoms with E-state index in [0.717, 1.165) is 44.0 Å². The lowest BCUT2D eigenvalue weighted by atomic mass is 10.00. The van der Waals surface area contributed by atoms with Gasteiger partial charge in [-0.3, -0.25) is 0 Å². The molecule has 0 aliphatic heterocycles. The molecule has 2 N–H and O–H groups in total. The molecule has 0 amide bonds. The first-order valence-electron chi connectivity index (χ1n) is 14.5. The molecule has 0 spiro atoms. The smallest absolute Gasteiger partial charge is 0.137 e. The van der Waals surface area contributed by atoms with Gasteiger partial charge in [0.25, 0.3) is 0 Å². The van der Waals surface area contributed by atoms with Gasteiger partial charge in [0.2, 0.25) is 0 Å². The fourth-order valence-electron chi connectivity index (χ4n) is 6.68. The van der Waals surface area contributed by atoms with E-state index in [1.165, 1.54) is 48.9 Å². The van der Waals surface area contributed by atoms with Crippen LogP contribution in [0.15, 0.2) is 143 Å². The Hall–Kier alpha value is -5.19. The third kappa shape index (κ3) is 3.70. The van der Waals surface area contributed by atoms with Gasteiger partial charge in [0.15, 0.2) is 0 Å². The molecule has 0 saturated heterocycles. The number of nitrogens with zero attached hydrogens (tertiary/aromatic N) is 1. The molecule has 43 heavy (non-hydrogen) atoms. The minimum atomic E-state index is 0.786. The number of nitrogen functional groups attached to an aromatic ring is 1. The van der Waals surface area contributed by atoms with Crippen molar-refractivity contribution in [2.24, 2.45) is 0 Å². The van der Waals surface area contributed by atoms with Crippen LogP contribution in [-0.4, -0.2) is 4.57 Å². The van der Waals surface area contributed by atoms with E-state index in [0.29, 0.717) is 0 Å². The van der Waals surface area contributed by atoms with E-state index in [9.17, 15) is 0 Å². The summed E-state index contributed by atoms with van der Waals surface area (Å²) in [4.78, 5) is 1.07. The summed E-state index contributed by atoms with van der Waals surface area (Å²) >= 11 is 1.76. The van der Waals surface area contributed by atoms with Crippen LogP contribution in [0.2, 0.25) is 0 Å². The summed E-state index contributed by atoms with van der Waals surface area (Å²) in [5, 5.41) is 9.77. The molecule has 0 bridgehead atoms. The van der Waals surface area contributed by atoms with Gasteiger partial charge in [-0.1, -0.05) is 91.0 Å². The zero-order chi connectivity index (χ0) is 28.5. The van der Waals surface area contributed by atoms with E-state index in [1.807, 2.05) is 24.3 Å². The van der Waals surface area contributed by atoms with Crippen molar-refractivity contribution in [2.75, 3.05) is 5.73 Å². The molecule has 0 unspecified atom stereocenters. The highest BCUT2D eigenvalue weighted by atomic mass is 32.2. The van der Waals surface area contributed by atoms with E-state index in [2.05, 4.69) is 114 Å². The van der Waals surface area contributed by atoms with Crippen molar-refractivity contribution in [2.45, 2.75) is 10.6 Å². The zero-order valence-corrected chi connectivity index (χ0v) is 24.1. The average Bonchev–Trinajstić information content (AvgIpc) is 3.61. The lowest BCUT2D eigenvalue weighted by molar-refractivity contribution is 0.669. The number of anilines is 1. The number of thioether (sulfide) groups is 1. The summed E-state index contributed by atoms with van der Waals surface area (Å²) in [6.07, 6.45) is 0. The Bertz CT molecular complexity index is 2430. The van der Waals surface area contributed by atoms with Crippen molar-refractivity contribution in [3.8, 4) is 5.69 Å². The Labute approximate surface area is 252 Å². The van der Waals surface area contributed by atoms with Crippen LogP contribution in [0.4, 0.5) is 5.69 Å². The fraction of sp³-hybridized carbons (Fsp3) is 0.0256. The normalized spacial score (nSPS) is 12.0. The molecule has 0 saturated carbocycles. The highest BCUT2D eigenvalue weighted by Crippen LogP contribution is 2.41. The quantitative estimate of drug-likeness (QED) is 0.169. The Kier molecular flexibility index (Phi) is 5.34. The molecule has 0 aliphatic carbocycles. The number of benzene rings is 7. The van der Waals surface area contributed by atoms with Crippen molar-refractivity contribution in [3.63, 3.8) is 0 Å². The van der Waals surface area contributed by atoms with Gasteiger partial charge in [-0.05, 0) is 69.6 Å². The number of hydrogen-bond acceptors (Lipinski definition) is 3. The van der Waals surface area contributed by atoms with Gasteiger partial charge in [-0.15, -0.1) is 11.8 Å². The van der Waals surface area contributed by atoms with Crippen molar-refractivity contribution in [3.05, 3.63) is 139 Å². The molecule has 2 heterocycles. The summed E-state index contributed by atoms with van der Waals surface area (Å²) in [6.45, 7) is 0. The van der Waals surface area contributed by atoms with Gasteiger partial charge < -0.3 is 14.7 Å². The third-order valence-electron chi connectivity index (χ3n) is 8.68. The predicted molar refractivity (Wildman–Crippen MR) is 183 cm³/mol. The molecule has 2 aromatic heterocycles. The van der Waals surface area contributed by atoms with Crippen LogP contribution in [0.1, 0.15) is 5.56 Å². The second-order valence-corrected chi connectivity index (χ2v) is 12.1. The molecular weight excluding hydrogens is 545 g/mol. The van der Waals surface area contributed by atoms with Crippen LogP contribution in [0.5, 0.6) is 0 Å². The third-order valence-corrected chi connectivity index (χ3v) is 9.82. The number of aromatic nitrogens is 1. The molecule has 0 aliphatic rings. The first-order chi connectivity index (χ1) is 21.2. The molecular formula is C39H26N2OS. The van der Waals surface area contributed by atoms with Crippen LogP contribution < -0.4 is 5.73 Å². The summed E-state index contributed by atoms with van der Waals surface area (Å²) < 4.78 is 8.43. The summed E-state index contributed by atoms with van der Waals surface area (Å²) in [7, 11) is 0. The summed E-state index contributed by atoms with van der Waals surface area (Å²) in [5.41, 5.74) is 14.0. The van der Waals surface area contributed by atoms with Crippen molar-refractivity contribution >= 4 is 82.7 Å². The Balaban J connectivity index is 1.13. The Morgan fingerprint density at radius 2 is 1.14 bits per heavy atom. The van der Waals surface area contributed by atoms with E-state index in [-0.39, 0.29) is 0 Å². The SMILES string of the molecule is Nc1c(SCc2ccc(-n3c4ccc5ccccc5c4c4c5ccccc5ccc43)cc2)ccc2oc3ccccc3c12. The van der Waals surface area contributed by atoms with Crippen LogP contribution >= 0.6 is 11.8 Å². The molecule has 0 radical (unpaired) electrons. The molecule has 9 rings (SSSR count). The maximum Gasteiger partial charge on any atom is 0.137 e. The van der Waals surface area contributed by atoms with Gasteiger partial charge in [-0.25, -0.2) is 0 Å². The minimum Gasteiger partial charge on any atom is -0.456 e. The number of rotatable bonds is 4. The van der Waals surface area contributed by atoms with Crippen LogP contribution in [0.3, 0.4) is 0 Å². The number of fused-ring (bicyclic) bond motifs is 10.